The minimum absolute atomic E-state index is 0.656. The predicted octanol–water partition coefficient (Wildman–Crippen LogP) is 3.03. The summed E-state index contributed by atoms with van der Waals surface area (Å²) >= 11 is 0. The van der Waals surface area contributed by atoms with Crippen molar-refractivity contribution in [2.24, 2.45) is 5.92 Å². The smallest absolute Gasteiger partial charge is 0.123 e. The molecule has 1 fully saturated rings. The lowest BCUT2D eigenvalue weighted by Crippen LogP contribution is -2.32. The number of nitrogens with one attached hydrogen (secondary N) is 1. The molecule has 4 nitrogen and oxygen atoms in total. The van der Waals surface area contributed by atoms with Crippen LogP contribution in [-0.4, -0.2) is 37.7 Å². The van der Waals surface area contributed by atoms with Crippen molar-refractivity contribution < 1.29 is 9.15 Å². The fourth-order valence-electron chi connectivity index (χ4n) is 2.68. The van der Waals surface area contributed by atoms with E-state index in [0.717, 1.165) is 32.0 Å². The standard InChI is InChI=1S/C17H30N2O2/c1-15(2)12-18-13-17-16(6-10-21-17)14-20-11-9-19-7-4-3-5-8-19/h6,10,15,18H,3-5,7-9,11-14H2,1-2H3. The number of furan rings is 1. The Hall–Kier alpha value is -0.840. The molecule has 0 aromatic carbocycles. The number of piperidine rings is 1. The van der Waals surface area contributed by atoms with Crippen LogP contribution in [0.2, 0.25) is 0 Å². The van der Waals surface area contributed by atoms with Crippen LogP contribution < -0.4 is 5.32 Å². The number of hydrogen-bond donors (Lipinski definition) is 1. The van der Waals surface area contributed by atoms with Crippen LogP contribution in [0, 0.1) is 5.92 Å². The van der Waals surface area contributed by atoms with Crippen molar-refractivity contribution in [1.82, 2.24) is 10.2 Å². The van der Waals surface area contributed by atoms with Crippen molar-refractivity contribution in [2.75, 3.05) is 32.8 Å². The summed E-state index contributed by atoms with van der Waals surface area (Å²) in [5.41, 5.74) is 1.17. The van der Waals surface area contributed by atoms with Gasteiger partial charge in [-0.3, -0.25) is 0 Å². The minimum atomic E-state index is 0.656. The second kappa shape index (κ2) is 9.23. The highest BCUT2D eigenvalue weighted by Gasteiger charge is 2.10. The highest BCUT2D eigenvalue weighted by atomic mass is 16.5. The van der Waals surface area contributed by atoms with Gasteiger partial charge < -0.3 is 19.4 Å². The van der Waals surface area contributed by atoms with E-state index < -0.39 is 0 Å². The summed E-state index contributed by atoms with van der Waals surface area (Å²) in [5.74, 6) is 1.66. The summed E-state index contributed by atoms with van der Waals surface area (Å²) in [6.45, 7) is 11.2. The third-order valence-electron chi connectivity index (χ3n) is 3.93. The van der Waals surface area contributed by atoms with Crippen LogP contribution in [0.15, 0.2) is 16.7 Å². The second-order valence-corrected chi connectivity index (χ2v) is 6.35. The zero-order chi connectivity index (χ0) is 14.9. The maximum absolute atomic E-state index is 5.82. The quantitative estimate of drug-likeness (QED) is 0.710. The first-order valence-corrected chi connectivity index (χ1v) is 8.32. The van der Waals surface area contributed by atoms with Gasteiger partial charge in [0.25, 0.3) is 0 Å². The van der Waals surface area contributed by atoms with Gasteiger partial charge in [-0.15, -0.1) is 0 Å². The number of ether oxygens (including phenoxy) is 1. The molecule has 0 radical (unpaired) electrons. The molecule has 0 unspecified atom stereocenters. The lowest BCUT2D eigenvalue weighted by Gasteiger charge is -2.26. The molecule has 2 heterocycles. The molecule has 2 rings (SSSR count). The first-order chi connectivity index (χ1) is 10.3. The van der Waals surface area contributed by atoms with Gasteiger partial charge in [0.2, 0.25) is 0 Å². The molecule has 1 aliphatic heterocycles. The molecule has 120 valence electrons. The van der Waals surface area contributed by atoms with Crippen LogP contribution >= 0.6 is 0 Å². The van der Waals surface area contributed by atoms with Crippen molar-refractivity contribution >= 4 is 0 Å². The van der Waals surface area contributed by atoms with Crippen molar-refractivity contribution in [3.8, 4) is 0 Å². The second-order valence-electron chi connectivity index (χ2n) is 6.35. The normalized spacial score (nSPS) is 16.7. The van der Waals surface area contributed by atoms with Crippen molar-refractivity contribution in [3.63, 3.8) is 0 Å². The Kier molecular flexibility index (Phi) is 7.27. The molecular formula is C17H30N2O2. The molecule has 1 N–H and O–H groups in total. The van der Waals surface area contributed by atoms with Crippen LogP contribution in [0.3, 0.4) is 0 Å². The third-order valence-corrected chi connectivity index (χ3v) is 3.93. The van der Waals surface area contributed by atoms with E-state index in [2.05, 4.69) is 24.1 Å². The highest BCUT2D eigenvalue weighted by Crippen LogP contribution is 2.12. The molecular weight excluding hydrogens is 264 g/mol. The van der Waals surface area contributed by atoms with E-state index in [1.54, 1.807) is 6.26 Å². The van der Waals surface area contributed by atoms with Crippen molar-refractivity contribution in [2.45, 2.75) is 46.3 Å². The van der Waals surface area contributed by atoms with Crippen molar-refractivity contribution in [1.29, 1.82) is 0 Å². The van der Waals surface area contributed by atoms with E-state index in [9.17, 15) is 0 Å². The van der Waals surface area contributed by atoms with Gasteiger partial charge in [0.1, 0.15) is 5.76 Å². The summed E-state index contributed by atoms with van der Waals surface area (Å²) < 4.78 is 11.4. The SMILES string of the molecule is CC(C)CNCc1occc1COCCN1CCCCC1. The topological polar surface area (TPSA) is 37.6 Å². The zero-order valence-electron chi connectivity index (χ0n) is 13.6. The molecule has 1 aliphatic rings. The van der Waals surface area contributed by atoms with Gasteiger partial charge in [-0.05, 0) is 44.5 Å². The number of likely N-dealkylation sites (tertiary alicyclic amines) is 1. The van der Waals surface area contributed by atoms with Gasteiger partial charge in [0, 0.05) is 12.1 Å². The Morgan fingerprint density at radius 2 is 2.10 bits per heavy atom. The van der Waals surface area contributed by atoms with Gasteiger partial charge in [-0.25, -0.2) is 0 Å². The molecule has 4 heteroatoms. The first kappa shape index (κ1) is 16.5. The Bertz CT molecular complexity index is 384. The van der Waals surface area contributed by atoms with Crippen molar-refractivity contribution in [3.05, 3.63) is 23.7 Å². The molecule has 0 atom stereocenters. The molecule has 1 aromatic heterocycles. The third kappa shape index (κ3) is 6.20. The molecule has 21 heavy (non-hydrogen) atoms. The van der Waals surface area contributed by atoms with Crippen LogP contribution in [0.1, 0.15) is 44.4 Å². The van der Waals surface area contributed by atoms with E-state index >= 15 is 0 Å². The molecule has 0 aliphatic carbocycles. The average Bonchev–Trinajstić information content (AvgIpc) is 2.92. The number of hydrogen-bond acceptors (Lipinski definition) is 4. The molecule has 0 amide bonds. The first-order valence-electron chi connectivity index (χ1n) is 8.32. The van der Waals surface area contributed by atoms with E-state index in [4.69, 9.17) is 9.15 Å². The molecule has 0 saturated carbocycles. The van der Waals surface area contributed by atoms with Crippen LogP contribution in [0.5, 0.6) is 0 Å². The maximum atomic E-state index is 5.82. The molecule has 0 spiro atoms. The van der Waals surface area contributed by atoms with Gasteiger partial charge >= 0.3 is 0 Å². The Morgan fingerprint density at radius 1 is 1.29 bits per heavy atom. The van der Waals surface area contributed by atoms with E-state index in [1.807, 2.05) is 6.07 Å². The molecule has 1 aromatic rings. The maximum Gasteiger partial charge on any atom is 0.123 e. The fourth-order valence-corrected chi connectivity index (χ4v) is 2.68. The summed E-state index contributed by atoms with van der Waals surface area (Å²) in [6, 6.07) is 2.02. The lowest BCUT2D eigenvalue weighted by molar-refractivity contribution is 0.0854. The van der Waals surface area contributed by atoms with Crippen LogP contribution in [0.4, 0.5) is 0 Å². The Balaban J connectivity index is 1.62. The van der Waals surface area contributed by atoms with E-state index in [-0.39, 0.29) is 0 Å². The Morgan fingerprint density at radius 3 is 2.86 bits per heavy atom. The largest absolute Gasteiger partial charge is 0.468 e. The van der Waals surface area contributed by atoms with E-state index in [0.29, 0.717) is 12.5 Å². The van der Waals surface area contributed by atoms with Gasteiger partial charge in [-0.2, -0.15) is 0 Å². The van der Waals surface area contributed by atoms with Gasteiger partial charge in [-0.1, -0.05) is 20.3 Å². The Labute approximate surface area is 128 Å². The van der Waals surface area contributed by atoms with Gasteiger partial charge in [0.15, 0.2) is 0 Å². The summed E-state index contributed by atoms with van der Waals surface area (Å²) in [4.78, 5) is 2.50. The summed E-state index contributed by atoms with van der Waals surface area (Å²) in [7, 11) is 0. The summed E-state index contributed by atoms with van der Waals surface area (Å²) in [5, 5.41) is 3.41. The average molecular weight is 294 g/mol. The minimum Gasteiger partial charge on any atom is -0.468 e. The highest BCUT2D eigenvalue weighted by molar-refractivity contribution is 5.15. The molecule has 1 saturated heterocycles. The lowest BCUT2D eigenvalue weighted by atomic mass is 10.1. The fraction of sp³-hybridized carbons (Fsp3) is 0.765. The summed E-state index contributed by atoms with van der Waals surface area (Å²) in [6.07, 6.45) is 5.83. The van der Waals surface area contributed by atoms with Crippen LogP contribution in [-0.2, 0) is 17.9 Å². The van der Waals surface area contributed by atoms with Gasteiger partial charge in [0.05, 0.1) is 26.0 Å². The number of nitrogens with zero attached hydrogens (tertiary/aromatic N) is 1. The zero-order valence-corrected chi connectivity index (χ0v) is 13.6. The predicted molar refractivity (Wildman–Crippen MR) is 85.2 cm³/mol. The number of rotatable bonds is 9. The van der Waals surface area contributed by atoms with Crippen LogP contribution in [0.25, 0.3) is 0 Å². The monoisotopic (exact) mass is 294 g/mol. The van der Waals surface area contributed by atoms with E-state index in [1.165, 1.54) is 37.9 Å². The molecule has 0 bridgehead atoms.